The van der Waals surface area contributed by atoms with Crippen molar-refractivity contribution in [2.24, 2.45) is 0 Å². The van der Waals surface area contributed by atoms with Crippen LogP contribution in [0, 0.1) is 0 Å². The van der Waals surface area contributed by atoms with Crippen LogP contribution >= 0.6 is 0 Å². The highest BCUT2D eigenvalue weighted by atomic mass is 32.2. The Balaban J connectivity index is 1.69. The molecule has 7 heteroatoms. The number of fused-ring (bicyclic) bond motifs is 3. The van der Waals surface area contributed by atoms with Gasteiger partial charge in [0.05, 0.1) is 0 Å². The second-order valence-corrected chi connectivity index (χ2v) is 10.4. The maximum Gasteiger partial charge on any atom is 0.534 e. The molecule has 0 aliphatic heterocycles. The van der Waals surface area contributed by atoms with Crippen LogP contribution in [0.3, 0.4) is 0 Å². The van der Waals surface area contributed by atoms with Crippen LogP contribution in [0.2, 0.25) is 0 Å². The van der Waals surface area contributed by atoms with Crippen LogP contribution in [-0.2, 0) is 10.1 Å². The van der Waals surface area contributed by atoms with Gasteiger partial charge in [-0.1, -0.05) is 109 Å². The average Bonchev–Trinajstić information content (AvgIpc) is 2.91. The molecular formula is C31H19F3O3S. The molecule has 0 aromatic heterocycles. The van der Waals surface area contributed by atoms with Crippen molar-refractivity contribution in [1.29, 1.82) is 0 Å². The lowest BCUT2D eigenvalue weighted by Gasteiger charge is -2.19. The summed E-state index contributed by atoms with van der Waals surface area (Å²) in [6.45, 7) is 0. The summed E-state index contributed by atoms with van der Waals surface area (Å²) in [7, 11) is -5.83. The lowest BCUT2D eigenvalue weighted by Crippen LogP contribution is -2.28. The number of hydrogen-bond acceptors (Lipinski definition) is 3. The van der Waals surface area contributed by atoms with Crippen LogP contribution in [0.25, 0.3) is 54.6 Å². The van der Waals surface area contributed by atoms with Gasteiger partial charge in [0.1, 0.15) is 0 Å². The van der Waals surface area contributed by atoms with Gasteiger partial charge < -0.3 is 4.18 Å². The molecule has 0 saturated heterocycles. The van der Waals surface area contributed by atoms with E-state index in [-0.39, 0.29) is 11.1 Å². The highest BCUT2D eigenvalue weighted by Gasteiger charge is 2.48. The number of benzene rings is 6. The van der Waals surface area contributed by atoms with Gasteiger partial charge in [0.25, 0.3) is 0 Å². The summed E-state index contributed by atoms with van der Waals surface area (Å²) in [6.07, 6.45) is 0. The smallest absolute Gasteiger partial charge is 0.375 e. The molecule has 0 aliphatic rings. The van der Waals surface area contributed by atoms with Gasteiger partial charge in [-0.05, 0) is 55.3 Å². The molecule has 0 radical (unpaired) electrons. The van der Waals surface area contributed by atoms with Crippen LogP contribution in [0.15, 0.2) is 115 Å². The lowest BCUT2D eigenvalue weighted by molar-refractivity contribution is -0.0499. The lowest BCUT2D eigenvalue weighted by atomic mass is 9.85. The molecule has 0 bridgehead atoms. The van der Waals surface area contributed by atoms with Crippen molar-refractivity contribution in [1.82, 2.24) is 0 Å². The fraction of sp³-hybridized carbons (Fsp3) is 0.0323. The first-order valence-corrected chi connectivity index (χ1v) is 13.2. The predicted octanol–water partition coefficient (Wildman–Crippen LogP) is 8.71. The highest BCUT2D eigenvalue weighted by molar-refractivity contribution is 7.88. The molecule has 6 rings (SSSR count). The summed E-state index contributed by atoms with van der Waals surface area (Å²) >= 11 is 0. The molecule has 0 amide bonds. The van der Waals surface area contributed by atoms with E-state index < -0.39 is 15.6 Å². The highest BCUT2D eigenvalue weighted by Crippen LogP contribution is 2.46. The normalized spacial score (nSPS) is 12.3. The minimum absolute atomic E-state index is 0.262. The zero-order valence-corrected chi connectivity index (χ0v) is 20.6. The maximum atomic E-state index is 13.1. The Morgan fingerprint density at radius 1 is 0.500 bits per heavy atom. The molecule has 6 aromatic rings. The van der Waals surface area contributed by atoms with Crippen molar-refractivity contribution >= 4 is 42.4 Å². The molecule has 0 atom stereocenters. The van der Waals surface area contributed by atoms with Gasteiger partial charge in [-0.25, -0.2) is 0 Å². The fourth-order valence-electron chi connectivity index (χ4n) is 5.07. The van der Waals surface area contributed by atoms with E-state index in [9.17, 15) is 21.6 Å². The molecule has 6 aromatic carbocycles. The largest absolute Gasteiger partial charge is 0.534 e. The first-order valence-electron chi connectivity index (χ1n) is 11.8. The Kier molecular flexibility index (Phi) is 5.61. The van der Waals surface area contributed by atoms with Crippen molar-refractivity contribution in [3.63, 3.8) is 0 Å². The van der Waals surface area contributed by atoms with E-state index in [1.54, 1.807) is 18.2 Å². The second-order valence-electron chi connectivity index (χ2n) is 8.85. The fourth-order valence-corrected chi connectivity index (χ4v) is 5.55. The van der Waals surface area contributed by atoms with Gasteiger partial charge in [-0.3, -0.25) is 0 Å². The van der Waals surface area contributed by atoms with Crippen LogP contribution in [0.4, 0.5) is 13.2 Å². The van der Waals surface area contributed by atoms with Gasteiger partial charge in [0.2, 0.25) is 0 Å². The van der Waals surface area contributed by atoms with Crippen molar-refractivity contribution in [2.45, 2.75) is 5.51 Å². The van der Waals surface area contributed by atoms with Crippen molar-refractivity contribution < 1.29 is 25.8 Å². The molecule has 38 heavy (non-hydrogen) atoms. The monoisotopic (exact) mass is 528 g/mol. The number of hydrogen-bond donors (Lipinski definition) is 0. The Morgan fingerprint density at radius 3 is 1.55 bits per heavy atom. The van der Waals surface area contributed by atoms with Crippen LogP contribution in [0.1, 0.15) is 0 Å². The molecule has 3 nitrogen and oxygen atoms in total. The Labute approximate surface area is 216 Å². The molecule has 0 saturated carbocycles. The molecule has 0 spiro atoms. The van der Waals surface area contributed by atoms with Gasteiger partial charge in [-0.2, -0.15) is 21.6 Å². The van der Waals surface area contributed by atoms with E-state index in [1.807, 2.05) is 60.7 Å². The third-order valence-corrected chi connectivity index (χ3v) is 7.59. The molecule has 0 fully saturated rings. The molecule has 0 heterocycles. The van der Waals surface area contributed by atoms with Crippen LogP contribution < -0.4 is 4.18 Å². The average molecular weight is 529 g/mol. The summed E-state index contributed by atoms with van der Waals surface area (Å²) in [5.41, 5.74) is -1.73. The summed E-state index contributed by atoms with van der Waals surface area (Å²) in [6, 6.07) is 35.7. The summed E-state index contributed by atoms with van der Waals surface area (Å²) in [5.74, 6) is -0.379. The zero-order chi connectivity index (χ0) is 26.5. The number of halogens is 3. The summed E-state index contributed by atoms with van der Waals surface area (Å²) in [4.78, 5) is 0. The van der Waals surface area contributed by atoms with E-state index in [4.69, 9.17) is 0 Å². The van der Waals surface area contributed by atoms with E-state index in [2.05, 4.69) is 28.4 Å². The molecule has 188 valence electrons. The van der Waals surface area contributed by atoms with Crippen LogP contribution in [0.5, 0.6) is 5.75 Å². The zero-order valence-electron chi connectivity index (χ0n) is 19.7. The molecule has 0 N–H and O–H groups in total. The minimum Gasteiger partial charge on any atom is -0.375 e. The van der Waals surface area contributed by atoms with Gasteiger partial charge in [0.15, 0.2) is 5.75 Å². The maximum absolute atomic E-state index is 13.1. The third-order valence-electron chi connectivity index (χ3n) is 6.63. The third kappa shape index (κ3) is 3.87. The van der Waals surface area contributed by atoms with Gasteiger partial charge in [-0.15, -0.1) is 0 Å². The standard InChI is InChI=1S/C31H19F3O3S/c32-31(33,34)38(35,36)37-28-19-9-16-21-22(28)17-8-18-23(21)30-26-14-6-4-12-24(26)29(20-10-2-1-3-11-20)25-13-5-7-15-27(25)30/h1-19H. The Morgan fingerprint density at radius 2 is 0.974 bits per heavy atom. The predicted molar refractivity (Wildman–Crippen MR) is 145 cm³/mol. The second kappa shape index (κ2) is 8.89. The number of rotatable bonds is 4. The Hall–Kier alpha value is -4.36. The summed E-state index contributed by atoms with van der Waals surface area (Å²) in [5, 5.41) is 4.81. The van der Waals surface area contributed by atoms with Crippen molar-refractivity contribution in [3.8, 4) is 28.0 Å². The van der Waals surface area contributed by atoms with E-state index in [1.165, 1.54) is 12.1 Å². The molecule has 0 unspecified atom stereocenters. The van der Waals surface area contributed by atoms with E-state index in [0.29, 0.717) is 5.39 Å². The summed E-state index contributed by atoms with van der Waals surface area (Å²) < 4.78 is 67.4. The topological polar surface area (TPSA) is 43.4 Å². The SMILES string of the molecule is O=S(=O)(Oc1cccc2c(-c3c4ccccc4c(-c4ccccc4)c4ccccc34)cccc12)C(F)(F)F. The molecular weight excluding hydrogens is 509 g/mol. The molecule has 0 aliphatic carbocycles. The quantitative estimate of drug-likeness (QED) is 0.131. The van der Waals surface area contributed by atoms with E-state index in [0.717, 1.165) is 43.8 Å². The van der Waals surface area contributed by atoms with Gasteiger partial charge >= 0.3 is 15.6 Å². The van der Waals surface area contributed by atoms with E-state index >= 15 is 0 Å². The first kappa shape index (κ1) is 24.0. The first-order chi connectivity index (χ1) is 18.3. The Bertz CT molecular complexity index is 1890. The van der Waals surface area contributed by atoms with Gasteiger partial charge in [0, 0.05) is 5.39 Å². The minimum atomic E-state index is -5.83. The van der Waals surface area contributed by atoms with Crippen molar-refractivity contribution in [3.05, 3.63) is 115 Å². The van der Waals surface area contributed by atoms with Crippen molar-refractivity contribution in [2.75, 3.05) is 0 Å². The number of alkyl halides is 3. The van der Waals surface area contributed by atoms with Crippen LogP contribution in [-0.4, -0.2) is 13.9 Å².